The van der Waals surface area contributed by atoms with E-state index < -0.39 is 11.7 Å². The van der Waals surface area contributed by atoms with Crippen LogP contribution in [0.25, 0.3) is 0 Å². The first-order valence-corrected chi connectivity index (χ1v) is 7.15. The Balaban J connectivity index is 2.10. The number of nitrogens with one attached hydrogen (secondary N) is 2. The van der Waals surface area contributed by atoms with Crippen LogP contribution < -0.4 is 10.6 Å². The fraction of sp³-hybridized carbons (Fsp3) is 0.111. The molecule has 0 aliphatic carbocycles. The van der Waals surface area contributed by atoms with Crippen molar-refractivity contribution in [2.24, 2.45) is 0 Å². The Labute approximate surface area is 134 Å². The Morgan fingerprint density at radius 1 is 1.22 bits per heavy atom. The number of amides is 1. The van der Waals surface area contributed by atoms with Gasteiger partial charge in [-0.05, 0) is 42.3 Å². The quantitative estimate of drug-likeness (QED) is 0.651. The Kier molecular flexibility index (Phi) is 5.48. The van der Waals surface area contributed by atoms with Crippen molar-refractivity contribution in [2.45, 2.75) is 13.3 Å². The van der Waals surface area contributed by atoms with Gasteiger partial charge < -0.3 is 10.6 Å². The minimum atomic E-state index is -0.555. The van der Waals surface area contributed by atoms with Gasteiger partial charge in [0.1, 0.15) is 17.5 Å². The first kappa shape index (κ1) is 16.2. The first-order chi connectivity index (χ1) is 11.1. The van der Waals surface area contributed by atoms with Gasteiger partial charge in [-0.25, -0.2) is 4.39 Å². The van der Waals surface area contributed by atoms with Crippen LogP contribution in [-0.2, 0) is 11.2 Å². The molecule has 2 aromatic carbocycles. The molecule has 2 rings (SSSR count). The van der Waals surface area contributed by atoms with Crippen molar-refractivity contribution in [2.75, 3.05) is 10.6 Å². The topological polar surface area (TPSA) is 64.9 Å². The molecule has 23 heavy (non-hydrogen) atoms. The molecule has 1 amide bonds. The number of anilines is 2. The third-order valence-corrected chi connectivity index (χ3v) is 3.24. The summed E-state index contributed by atoms with van der Waals surface area (Å²) in [6, 6.07) is 14.8. The zero-order chi connectivity index (χ0) is 16.7. The van der Waals surface area contributed by atoms with E-state index in [-0.39, 0.29) is 5.57 Å². The molecule has 0 aromatic heterocycles. The third-order valence-electron chi connectivity index (χ3n) is 3.24. The van der Waals surface area contributed by atoms with E-state index in [0.29, 0.717) is 5.69 Å². The minimum Gasteiger partial charge on any atom is -0.360 e. The maximum absolute atomic E-state index is 12.8. The standard InChI is InChI=1S/C18H16FN3O/c1-2-13-5-3-4-6-17(13)21-12-14(11-20)18(23)22-16-9-7-15(19)8-10-16/h3-10,12,21H,2H2,1H3,(H,22,23)/b14-12-. The zero-order valence-corrected chi connectivity index (χ0v) is 12.6. The number of benzene rings is 2. The highest BCUT2D eigenvalue weighted by Gasteiger charge is 2.09. The molecule has 0 fully saturated rings. The highest BCUT2D eigenvalue weighted by atomic mass is 19.1. The summed E-state index contributed by atoms with van der Waals surface area (Å²) in [7, 11) is 0. The molecule has 116 valence electrons. The number of hydrogen-bond donors (Lipinski definition) is 2. The normalized spacial score (nSPS) is 10.7. The van der Waals surface area contributed by atoms with E-state index in [9.17, 15) is 9.18 Å². The molecule has 5 heteroatoms. The molecule has 0 bridgehead atoms. The van der Waals surface area contributed by atoms with Gasteiger partial charge in [-0.15, -0.1) is 0 Å². The number of rotatable bonds is 5. The Morgan fingerprint density at radius 2 is 1.91 bits per heavy atom. The monoisotopic (exact) mass is 309 g/mol. The number of carbonyl (C=O) groups is 1. The van der Waals surface area contributed by atoms with Crippen LogP contribution >= 0.6 is 0 Å². The zero-order valence-electron chi connectivity index (χ0n) is 12.6. The van der Waals surface area contributed by atoms with E-state index in [1.807, 2.05) is 37.3 Å². The fourth-order valence-electron chi connectivity index (χ4n) is 2.00. The number of para-hydroxylation sites is 1. The Bertz CT molecular complexity index is 761. The maximum Gasteiger partial charge on any atom is 0.267 e. The van der Waals surface area contributed by atoms with E-state index in [1.54, 1.807) is 0 Å². The van der Waals surface area contributed by atoms with Crippen LogP contribution in [0.1, 0.15) is 12.5 Å². The van der Waals surface area contributed by atoms with Gasteiger partial charge in [0.15, 0.2) is 0 Å². The van der Waals surface area contributed by atoms with E-state index in [2.05, 4.69) is 10.6 Å². The molecule has 0 heterocycles. The summed E-state index contributed by atoms with van der Waals surface area (Å²) < 4.78 is 12.8. The summed E-state index contributed by atoms with van der Waals surface area (Å²) in [5.74, 6) is -0.947. The summed E-state index contributed by atoms with van der Waals surface area (Å²) in [5, 5.41) is 14.7. The lowest BCUT2D eigenvalue weighted by atomic mass is 10.1. The Morgan fingerprint density at radius 3 is 2.57 bits per heavy atom. The van der Waals surface area contributed by atoms with Gasteiger partial charge in [-0.3, -0.25) is 4.79 Å². The van der Waals surface area contributed by atoms with Crippen LogP contribution in [0, 0.1) is 17.1 Å². The second-order valence-corrected chi connectivity index (χ2v) is 4.79. The summed E-state index contributed by atoms with van der Waals surface area (Å²) >= 11 is 0. The van der Waals surface area contributed by atoms with E-state index in [1.165, 1.54) is 30.5 Å². The van der Waals surface area contributed by atoms with Gasteiger partial charge in [-0.1, -0.05) is 25.1 Å². The average molecular weight is 309 g/mol. The van der Waals surface area contributed by atoms with Crippen molar-refractivity contribution in [3.05, 3.63) is 71.7 Å². The number of aryl methyl sites for hydroxylation is 1. The number of halogens is 1. The molecule has 0 unspecified atom stereocenters. The number of nitriles is 1. The van der Waals surface area contributed by atoms with Crippen LogP contribution in [0.2, 0.25) is 0 Å². The first-order valence-electron chi connectivity index (χ1n) is 7.15. The largest absolute Gasteiger partial charge is 0.360 e. The maximum atomic E-state index is 12.8. The predicted molar refractivity (Wildman–Crippen MR) is 88.2 cm³/mol. The van der Waals surface area contributed by atoms with Gasteiger partial charge >= 0.3 is 0 Å². The summed E-state index contributed by atoms with van der Waals surface area (Å²) in [6.07, 6.45) is 2.20. The number of carbonyl (C=O) groups excluding carboxylic acids is 1. The minimum absolute atomic E-state index is 0.0692. The lowest BCUT2D eigenvalue weighted by Crippen LogP contribution is -2.14. The molecule has 4 nitrogen and oxygen atoms in total. The molecule has 0 saturated heterocycles. The van der Waals surface area contributed by atoms with E-state index in [0.717, 1.165) is 17.7 Å². The second kappa shape index (κ2) is 7.76. The van der Waals surface area contributed by atoms with Gasteiger partial charge in [0.05, 0.1) is 0 Å². The number of nitrogens with zero attached hydrogens (tertiary/aromatic N) is 1. The SMILES string of the molecule is CCc1ccccc1N/C=C(/C#N)C(=O)Nc1ccc(F)cc1. The molecule has 2 N–H and O–H groups in total. The fourth-order valence-corrected chi connectivity index (χ4v) is 2.00. The molecular weight excluding hydrogens is 293 g/mol. The van der Waals surface area contributed by atoms with Crippen molar-refractivity contribution in [1.82, 2.24) is 0 Å². The predicted octanol–water partition coefficient (Wildman–Crippen LogP) is 3.85. The average Bonchev–Trinajstić information content (AvgIpc) is 2.58. The molecular formula is C18H16FN3O. The molecule has 0 radical (unpaired) electrons. The van der Waals surface area contributed by atoms with Crippen LogP contribution in [-0.4, -0.2) is 5.91 Å². The molecule has 0 aliphatic rings. The molecule has 0 atom stereocenters. The van der Waals surface area contributed by atoms with Gasteiger partial charge in [0.2, 0.25) is 0 Å². The van der Waals surface area contributed by atoms with Crippen molar-refractivity contribution in [3.8, 4) is 6.07 Å². The molecule has 0 spiro atoms. The van der Waals surface area contributed by atoms with E-state index >= 15 is 0 Å². The Hall–Kier alpha value is -3.13. The second-order valence-electron chi connectivity index (χ2n) is 4.79. The third kappa shape index (κ3) is 4.42. The summed E-state index contributed by atoms with van der Waals surface area (Å²) in [4.78, 5) is 12.1. The highest BCUT2D eigenvalue weighted by molar-refractivity contribution is 6.06. The van der Waals surface area contributed by atoms with Gasteiger partial charge in [0.25, 0.3) is 5.91 Å². The lowest BCUT2D eigenvalue weighted by Gasteiger charge is -2.08. The van der Waals surface area contributed by atoms with Crippen molar-refractivity contribution >= 4 is 17.3 Å². The van der Waals surface area contributed by atoms with Crippen molar-refractivity contribution < 1.29 is 9.18 Å². The summed E-state index contributed by atoms with van der Waals surface area (Å²) in [6.45, 7) is 2.02. The van der Waals surface area contributed by atoms with Crippen LogP contribution in [0.15, 0.2) is 60.3 Å². The molecule has 0 saturated carbocycles. The van der Waals surface area contributed by atoms with Gasteiger partial charge in [-0.2, -0.15) is 5.26 Å². The molecule has 0 aliphatic heterocycles. The summed E-state index contributed by atoms with van der Waals surface area (Å²) in [5.41, 5.74) is 2.28. The lowest BCUT2D eigenvalue weighted by molar-refractivity contribution is -0.112. The van der Waals surface area contributed by atoms with Crippen LogP contribution in [0.5, 0.6) is 0 Å². The number of hydrogen-bond acceptors (Lipinski definition) is 3. The smallest absolute Gasteiger partial charge is 0.267 e. The highest BCUT2D eigenvalue weighted by Crippen LogP contribution is 2.16. The van der Waals surface area contributed by atoms with Crippen LogP contribution in [0.4, 0.5) is 15.8 Å². The van der Waals surface area contributed by atoms with Crippen molar-refractivity contribution in [3.63, 3.8) is 0 Å². The van der Waals surface area contributed by atoms with Crippen molar-refractivity contribution in [1.29, 1.82) is 5.26 Å². The molecule has 2 aromatic rings. The van der Waals surface area contributed by atoms with E-state index in [4.69, 9.17) is 5.26 Å². The van der Waals surface area contributed by atoms with Gasteiger partial charge in [0, 0.05) is 17.6 Å². The van der Waals surface area contributed by atoms with Crippen LogP contribution in [0.3, 0.4) is 0 Å².